The number of nitrogens with one attached hydrogen (secondary N) is 1. The Hall–Kier alpha value is -2.33. The minimum atomic E-state index is -0.851. The summed E-state index contributed by atoms with van der Waals surface area (Å²) in [7, 11) is 0. The summed E-state index contributed by atoms with van der Waals surface area (Å²) in [5.74, 6) is -0.169. The van der Waals surface area contributed by atoms with Crippen LogP contribution in [0.3, 0.4) is 0 Å². The first-order valence-electron chi connectivity index (χ1n) is 6.98. The smallest absolute Gasteiger partial charge is 0.261 e. The first-order chi connectivity index (χ1) is 9.99. The minimum absolute atomic E-state index is 0.169. The summed E-state index contributed by atoms with van der Waals surface area (Å²) in [4.78, 5) is 17.3. The van der Waals surface area contributed by atoms with Crippen LogP contribution in [0.1, 0.15) is 29.4 Å². The number of aromatic amines is 1. The number of aryl methyl sites for hydroxylation is 2. The van der Waals surface area contributed by atoms with Crippen LogP contribution in [0.25, 0.3) is 11.6 Å². The molecule has 1 aliphatic heterocycles. The standard InChI is InChI=1S/C17H18N2O2/c1-10-8-11(2)18-15(10)9-14-13-6-4-5-7-16(13)19(12(3)20)17(14)21/h4-9,12,18,20H,1-3H3/b14-9-. The van der Waals surface area contributed by atoms with Crippen molar-refractivity contribution in [1.29, 1.82) is 0 Å². The number of hydrogen-bond donors (Lipinski definition) is 2. The molecule has 21 heavy (non-hydrogen) atoms. The minimum Gasteiger partial charge on any atom is -0.373 e. The number of carbonyl (C=O) groups excluding carboxylic acids is 1. The van der Waals surface area contributed by atoms with E-state index in [0.29, 0.717) is 5.57 Å². The third kappa shape index (κ3) is 2.17. The van der Waals surface area contributed by atoms with Crippen molar-refractivity contribution in [2.75, 3.05) is 4.90 Å². The highest BCUT2D eigenvalue weighted by molar-refractivity contribution is 6.35. The Bertz CT molecular complexity index is 741. The van der Waals surface area contributed by atoms with Crippen molar-refractivity contribution in [1.82, 2.24) is 4.98 Å². The zero-order chi connectivity index (χ0) is 15.1. The van der Waals surface area contributed by atoms with Crippen molar-refractivity contribution in [2.24, 2.45) is 0 Å². The van der Waals surface area contributed by atoms with Crippen LogP contribution < -0.4 is 4.90 Å². The summed E-state index contributed by atoms with van der Waals surface area (Å²) >= 11 is 0. The van der Waals surface area contributed by atoms with E-state index in [1.165, 1.54) is 4.90 Å². The summed E-state index contributed by atoms with van der Waals surface area (Å²) in [5.41, 5.74) is 5.31. The number of carbonyl (C=O) groups is 1. The molecular weight excluding hydrogens is 264 g/mol. The van der Waals surface area contributed by atoms with E-state index in [2.05, 4.69) is 4.98 Å². The third-order valence-corrected chi connectivity index (χ3v) is 3.75. The molecule has 2 heterocycles. The van der Waals surface area contributed by atoms with E-state index < -0.39 is 6.23 Å². The number of hydrogen-bond acceptors (Lipinski definition) is 2. The average molecular weight is 282 g/mol. The van der Waals surface area contributed by atoms with Gasteiger partial charge in [-0.05, 0) is 44.5 Å². The molecule has 0 fully saturated rings. The molecule has 2 aromatic rings. The van der Waals surface area contributed by atoms with Gasteiger partial charge in [0.05, 0.1) is 11.3 Å². The largest absolute Gasteiger partial charge is 0.373 e. The second-order valence-electron chi connectivity index (χ2n) is 5.43. The molecule has 1 aromatic heterocycles. The van der Waals surface area contributed by atoms with E-state index in [1.54, 1.807) is 6.92 Å². The summed E-state index contributed by atoms with van der Waals surface area (Å²) in [6.45, 7) is 5.59. The van der Waals surface area contributed by atoms with Crippen molar-refractivity contribution in [3.05, 3.63) is 52.8 Å². The van der Waals surface area contributed by atoms with Gasteiger partial charge < -0.3 is 10.1 Å². The molecule has 0 spiro atoms. The average Bonchev–Trinajstić information content (AvgIpc) is 2.88. The highest BCUT2D eigenvalue weighted by atomic mass is 16.3. The molecule has 108 valence electrons. The maximum absolute atomic E-state index is 12.6. The molecule has 1 aliphatic rings. The van der Waals surface area contributed by atoms with Gasteiger partial charge in [-0.15, -0.1) is 0 Å². The van der Waals surface area contributed by atoms with E-state index in [-0.39, 0.29) is 5.91 Å². The van der Waals surface area contributed by atoms with Crippen LogP contribution in [-0.4, -0.2) is 22.2 Å². The Morgan fingerprint density at radius 3 is 2.62 bits per heavy atom. The van der Waals surface area contributed by atoms with Crippen LogP contribution >= 0.6 is 0 Å². The number of aliphatic hydroxyl groups is 1. The lowest BCUT2D eigenvalue weighted by Crippen LogP contribution is -2.35. The fraction of sp³-hybridized carbons (Fsp3) is 0.235. The molecule has 1 amide bonds. The molecule has 0 saturated heterocycles. The normalized spacial score (nSPS) is 17.4. The number of fused-ring (bicyclic) bond motifs is 1. The molecule has 0 aliphatic carbocycles. The first kappa shape index (κ1) is 13.6. The van der Waals surface area contributed by atoms with Gasteiger partial charge in [-0.2, -0.15) is 0 Å². The number of aliphatic hydroxyl groups excluding tert-OH is 1. The number of aromatic nitrogens is 1. The number of para-hydroxylation sites is 1. The first-order valence-corrected chi connectivity index (χ1v) is 6.98. The monoisotopic (exact) mass is 282 g/mol. The van der Waals surface area contributed by atoms with Crippen LogP contribution in [0, 0.1) is 13.8 Å². The number of H-pyrrole nitrogens is 1. The van der Waals surface area contributed by atoms with E-state index in [1.807, 2.05) is 50.3 Å². The van der Waals surface area contributed by atoms with Crippen molar-refractivity contribution in [3.8, 4) is 0 Å². The molecule has 0 bridgehead atoms. The summed E-state index contributed by atoms with van der Waals surface area (Å²) < 4.78 is 0. The number of amides is 1. The molecule has 1 aromatic carbocycles. The van der Waals surface area contributed by atoms with Gasteiger partial charge in [-0.1, -0.05) is 18.2 Å². The second-order valence-corrected chi connectivity index (χ2v) is 5.43. The molecule has 0 radical (unpaired) electrons. The highest BCUT2D eigenvalue weighted by Crippen LogP contribution is 2.38. The number of rotatable bonds is 2. The second kappa shape index (κ2) is 4.90. The van der Waals surface area contributed by atoms with Crippen molar-refractivity contribution >= 4 is 23.2 Å². The molecule has 2 N–H and O–H groups in total. The number of benzene rings is 1. The predicted molar refractivity (Wildman–Crippen MR) is 83.7 cm³/mol. The Balaban J connectivity index is 2.15. The predicted octanol–water partition coefficient (Wildman–Crippen LogP) is 2.86. The lowest BCUT2D eigenvalue weighted by Gasteiger charge is -2.19. The van der Waals surface area contributed by atoms with Gasteiger partial charge in [0.15, 0.2) is 0 Å². The molecular formula is C17H18N2O2. The molecule has 4 nitrogen and oxygen atoms in total. The van der Waals surface area contributed by atoms with Crippen LogP contribution in [0.2, 0.25) is 0 Å². The fourth-order valence-electron chi connectivity index (χ4n) is 2.82. The summed E-state index contributed by atoms with van der Waals surface area (Å²) in [5, 5.41) is 9.88. The van der Waals surface area contributed by atoms with E-state index in [4.69, 9.17) is 0 Å². The van der Waals surface area contributed by atoms with Gasteiger partial charge in [-0.25, -0.2) is 0 Å². The summed E-state index contributed by atoms with van der Waals surface area (Å²) in [6.07, 6.45) is 1.02. The molecule has 1 unspecified atom stereocenters. The lowest BCUT2D eigenvalue weighted by atomic mass is 10.1. The van der Waals surface area contributed by atoms with Crippen molar-refractivity contribution in [2.45, 2.75) is 27.0 Å². The molecule has 4 heteroatoms. The Morgan fingerprint density at radius 2 is 2.00 bits per heavy atom. The molecule has 3 rings (SSSR count). The van der Waals surface area contributed by atoms with Gasteiger partial charge >= 0.3 is 0 Å². The van der Waals surface area contributed by atoms with E-state index in [0.717, 1.165) is 28.2 Å². The zero-order valence-corrected chi connectivity index (χ0v) is 12.3. The van der Waals surface area contributed by atoms with Gasteiger partial charge in [0.1, 0.15) is 6.23 Å². The van der Waals surface area contributed by atoms with Gasteiger partial charge in [-0.3, -0.25) is 9.69 Å². The Labute approximate surface area is 123 Å². The van der Waals surface area contributed by atoms with Crippen LogP contribution in [-0.2, 0) is 4.79 Å². The van der Waals surface area contributed by atoms with Gasteiger partial charge in [0.2, 0.25) is 0 Å². The Kier molecular flexibility index (Phi) is 3.18. The van der Waals surface area contributed by atoms with Crippen LogP contribution in [0.5, 0.6) is 0 Å². The summed E-state index contributed by atoms with van der Waals surface area (Å²) in [6, 6.07) is 9.58. The zero-order valence-electron chi connectivity index (χ0n) is 12.3. The molecule has 0 saturated carbocycles. The SMILES string of the molecule is Cc1cc(C)c(/C=C2\C(=O)N(C(C)O)c3ccccc32)[nH]1. The highest BCUT2D eigenvalue weighted by Gasteiger charge is 2.34. The number of anilines is 1. The fourth-order valence-corrected chi connectivity index (χ4v) is 2.82. The van der Waals surface area contributed by atoms with Gasteiger partial charge in [0.25, 0.3) is 5.91 Å². The maximum Gasteiger partial charge on any atom is 0.261 e. The van der Waals surface area contributed by atoms with E-state index >= 15 is 0 Å². The Morgan fingerprint density at radius 1 is 1.29 bits per heavy atom. The topological polar surface area (TPSA) is 56.3 Å². The lowest BCUT2D eigenvalue weighted by molar-refractivity contribution is -0.114. The van der Waals surface area contributed by atoms with Gasteiger partial charge in [0, 0.05) is 17.0 Å². The van der Waals surface area contributed by atoms with E-state index in [9.17, 15) is 9.90 Å². The van der Waals surface area contributed by atoms with Crippen LogP contribution in [0.15, 0.2) is 30.3 Å². The molecule has 1 atom stereocenters. The van der Waals surface area contributed by atoms with Crippen LogP contribution in [0.4, 0.5) is 5.69 Å². The number of nitrogens with zero attached hydrogens (tertiary/aromatic N) is 1. The third-order valence-electron chi connectivity index (χ3n) is 3.75. The maximum atomic E-state index is 12.6. The quantitative estimate of drug-likeness (QED) is 0.832. The van der Waals surface area contributed by atoms with Crippen molar-refractivity contribution in [3.63, 3.8) is 0 Å². The van der Waals surface area contributed by atoms with Crippen molar-refractivity contribution < 1.29 is 9.90 Å².